The molecule has 0 aliphatic heterocycles. The van der Waals surface area contributed by atoms with Crippen molar-refractivity contribution in [3.05, 3.63) is 89.0 Å². The highest BCUT2D eigenvalue weighted by atomic mass is 35.5. The van der Waals surface area contributed by atoms with Crippen molar-refractivity contribution in [3.63, 3.8) is 0 Å². The number of hydrogen-bond acceptors (Lipinski definition) is 4. The molecule has 3 aromatic carbocycles. The van der Waals surface area contributed by atoms with E-state index in [0.29, 0.717) is 33.5 Å². The summed E-state index contributed by atoms with van der Waals surface area (Å²) in [6.45, 7) is 1.70. The van der Waals surface area contributed by atoms with E-state index in [1.54, 1.807) is 61.7 Å². The summed E-state index contributed by atoms with van der Waals surface area (Å²) >= 11 is 5.87. The molecule has 3 aromatic rings. The lowest BCUT2D eigenvalue weighted by Gasteiger charge is -2.14. The van der Waals surface area contributed by atoms with Gasteiger partial charge in [-0.25, -0.2) is 0 Å². The van der Waals surface area contributed by atoms with Crippen LogP contribution in [0.3, 0.4) is 0 Å². The molecule has 0 aliphatic carbocycles. The lowest BCUT2D eigenvalue weighted by Crippen LogP contribution is -2.22. The van der Waals surface area contributed by atoms with Gasteiger partial charge in [-0.3, -0.25) is 9.59 Å². The normalized spacial score (nSPS) is 10.6. The van der Waals surface area contributed by atoms with Crippen LogP contribution < -0.4 is 20.1 Å². The number of anilines is 2. The molecule has 0 radical (unpaired) electrons. The second-order valence-electron chi connectivity index (χ2n) is 6.75. The molecule has 0 heterocycles. The molecule has 6 nitrogen and oxygen atoms in total. The summed E-state index contributed by atoms with van der Waals surface area (Å²) < 4.78 is 11.0. The van der Waals surface area contributed by atoms with E-state index in [9.17, 15) is 9.59 Å². The Hall–Kier alpha value is -3.77. The van der Waals surface area contributed by atoms with E-state index < -0.39 is 0 Å². The Morgan fingerprint density at radius 2 is 1.62 bits per heavy atom. The van der Waals surface area contributed by atoms with Gasteiger partial charge in [0.05, 0.1) is 18.5 Å². The quantitative estimate of drug-likeness (QED) is 0.464. The molecular formula is C25H23ClN2O4. The van der Waals surface area contributed by atoms with Crippen LogP contribution in [-0.2, 0) is 4.79 Å². The third-order valence-corrected chi connectivity index (χ3v) is 4.71. The van der Waals surface area contributed by atoms with E-state index in [0.717, 1.165) is 5.56 Å². The Morgan fingerprint density at radius 3 is 2.28 bits per heavy atom. The van der Waals surface area contributed by atoms with E-state index in [-0.39, 0.29) is 18.4 Å². The van der Waals surface area contributed by atoms with Gasteiger partial charge < -0.3 is 20.1 Å². The van der Waals surface area contributed by atoms with Gasteiger partial charge in [-0.2, -0.15) is 0 Å². The molecule has 0 unspecified atom stereocenters. The van der Waals surface area contributed by atoms with Crippen LogP contribution in [-0.4, -0.2) is 25.5 Å². The van der Waals surface area contributed by atoms with Gasteiger partial charge in [0.15, 0.2) is 18.1 Å². The molecule has 0 spiro atoms. The number of carbonyl (C=O) groups excluding carboxylic acids is 2. The molecular weight excluding hydrogens is 428 g/mol. The molecule has 164 valence electrons. The zero-order valence-electron chi connectivity index (χ0n) is 17.7. The van der Waals surface area contributed by atoms with Gasteiger partial charge in [-0.05, 0) is 61.0 Å². The van der Waals surface area contributed by atoms with Gasteiger partial charge >= 0.3 is 0 Å². The molecule has 2 amide bonds. The van der Waals surface area contributed by atoms with E-state index >= 15 is 0 Å². The third-order valence-electron chi connectivity index (χ3n) is 4.46. The smallest absolute Gasteiger partial charge is 0.262 e. The minimum Gasteiger partial charge on any atom is -0.493 e. The molecule has 0 saturated heterocycles. The molecule has 7 heteroatoms. The maximum absolute atomic E-state index is 12.5. The van der Waals surface area contributed by atoms with Crippen LogP contribution in [0.15, 0.2) is 72.8 Å². The minimum atomic E-state index is -0.377. The SMILES string of the molecule is CC=Cc1ccc(OCC(=O)Nc2ccccc2NC(=O)c2ccc(Cl)cc2)c(OC)c1. The standard InChI is InChI=1S/C25H23ClN2O4/c1-3-6-17-9-14-22(23(15-17)31-2)32-16-24(29)27-20-7-4-5-8-21(20)28-25(30)18-10-12-19(26)13-11-18/h3-15H,16H2,1-2H3,(H,27,29)(H,28,30). The Balaban J connectivity index is 1.65. The molecule has 0 aromatic heterocycles. The predicted octanol–water partition coefficient (Wildman–Crippen LogP) is 5.65. The van der Waals surface area contributed by atoms with E-state index in [4.69, 9.17) is 21.1 Å². The zero-order valence-corrected chi connectivity index (χ0v) is 18.5. The molecule has 0 saturated carbocycles. The summed E-state index contributed by atoms with van der Waals surface area (Å²) in [5.41, 5.74) is 2.34. The van der Waals surface area contributed by atoms with Crippen LogP contribution in [0.25, 0.3) is 6.08 Å². The average Bonchev–Trinajstić information content (AvgIpc) is 2.80. The summed E-state index contributed by atoms with van der Waals surface area (Å²) in [7, 11) is 1.54. The van der Waals surface area contributed by atoms with Crippen LogP contribution in [0, 0.1) is 0 Å². The van der Waals surface area contributed by atoms with Gasteiger partial charge in [0.1, 0.15) is 0 Å². The van der Waals surface area contributed by atoms with Crippen molar-refractivity contribution >= 4 is 40.9 Å². The fourth-order valence-electron chi connectivity index (χ4n) is 2.93. The van der Waals surface area contributed by atoms with Crippen molar-refractivity contribution in [2.24, 2.45) is 0 Å². The number of ether oxygens (including phenoxy) is 2. The van der Waals surface area contributed by atoms with Crippen LogP contribution in [0.2, 0.25) is 5.02 Å². The van der Waals surface area contributed by atoms with Gasteiger partial charge in [0.2, 0.25) is 0 Å². The molecule has 0 atom stereocenters. The van der Waals surface area contributed by atoms with Crippen LogP contribution in [0.4, 0.5) is 11.4 Å². The van der Waals surface area contributed by atoms with Crippen molar-refractivity contribution in [1.29, 1.82) is 0 Å². The van der Waals surface area contributed by atoms with Gasteiger partial charge in [-0.1, -0.05) is 42.0 Å². The molecule has 3 rings (SSSR count). The number of nitrogens with one attached hydrogen (secondary N) is 2. The fourth-order valence-corrected chi connectivity index (χ4v) is 3.05. The van der Waals surface area contributed by atoms with Crippen molar-refractivity contribution in [1.82, 2.24) is 0 Å². The zero-order chi connectivity index (χ0) is 22.9. The Kier molecular flexibility index (Phi) is 7.89. The minimum absolute atomic E-state index is 0.223. The highest BCUT2D eigenvalue weighted by Gasteiger charge is 2.13. The van der Waals surface area contributed by atoms with E-state index in [1.807, 2.05) is 31.2 Å². The van der Waals surface area contributed by atoms with Gasteiger partial charge in [0.25, 0.3) is 11.8 Å². The van der Waals surface area contributed by atoms with Crippen molar-refractivity contribution < 1.29 is 19.1 Å². The highest BCUT2D eigenvalue weighted by molar-refractivity contribution is 6.30. The van der Waals surface area contributed by atoms with Crippen LogP contribution in [0.1, 0.15) is 22.8 Å². The molecule has 0 bridgehead atoms. The Labute approximate surface area is 191 Å². The third kappa shape index (κ3) is 6.12. The number of benzene rings is 3. The summed E-state index contributed by atoms with van der Waals surface area (Å²) in [5.74, 6) is 0.299. The summed E-state index contributed by atoms with van der Waals surface area (Å²) in [5, 5.41) is 6.11. The molecule has 32 heavy (non-hydrogen) atoms. The first-order valence-corrected chi connectivity index (χ1v) is 10.3. The lowest BCUT2D eigenvalue weighted by atomic mass is 10.2. The average molecular weight is 451 g/mol. The molecule has 0 aliphatic rings. The maximum Gasteiger partial charge on any atom is 0.262 e. The first-order valence-electron chi connectivity index (χ1n) is 9.89. The number of para-hydroxylation sites is 2. The van der Waals surface area contributed by atoms with E-state index in [2.05, 4.69) is 10.6 Å². The van der Waals surface area contributed by atoms with Crippen LogP contribution in [0.5, 0.6) is 11.5 Å². The maximum atomic E-state index is 12.5. The van der Waals surface area contributed by atoms with Gasteiger partial charge in [-0.15, -0.1) is 0 Å². The van der Waals surface area contributed by atoms with Crippen molar-refractivity contribution in [3.8, 4) is 11.5 Å². The molecule has 0 fully saturated rings. The number of carbonyl (C=O) groups is 2. The summed E-state index contributed by atoms with van der Waals surface area (Å²) in [4.78, 5) is 25.0. The first kappa shape index (κ1) is 22.9. The number of rotatable bonds is 8. The summed E-state index contributed by atoms with van der Waals surface area (Å²) in [6.07, 6.45) is 3.86. The largest absolute Gasteiger partial charge is 0.493 e. The Morgan fingerprint density at radius 1 is 0.938 bits per heavy atom. The van der Waals surface area contributed by atoms with Crippen LogP contribution >= 0.6 is 11.6 Å². The topological polar surface area (TPSA) is 76.7 Å². The fraction of sp³-hybridized carbons (Fsp3) is 0.120. The van der Waals surface area contributed by atoms with Crippen molar-refractivity contribution in [2.75, 3.05) is 24.4 Å². The predicted molar refractivity (Wildman–Crippen MR) is 128 cm³/mol. The Bertz CT molecular complexity index is 1130. The number of allylic oxidation sites excluding steroid dienone is 1. The monoisotopic (exact) mass is 450 g/mol. The van der Waals surface area contributed by atoms with Gasteiger partial charge in [0, 0.05) is 10.6 Å². The summed E-state index contributed by atoms with van der Waals surface area (Å²) in [6, 6.07) is 18.9. The second-order valence-corrected chi connectivity index (χ2v) is 7.19. The van der Waals surface area contributed by atoms with E-state index in [1.165, 1.54) is 0 Å². The molecule has 2 N–H and O–H groups in total. The first-order chi connectivity index (χ1) is 15.5. The number of methoxy groups -OCH3 is 1. The second kappa shape index (κ2) is 11.0. The highest BCUT2D eigenvalue weighted by Crippen LogP contribution is 2.29. The number of halogens is 1. The number of hydrogen-bond donors (Lipinski definition) is 2. The lowest BCUT2D eigenvalue weighted by molar-refractivity contribution is -0.118. The number of amides is 2. The van der Waals surface area contributed by atoms with Crippen molar-refractivity contribution in [2.45, 2.75) is 6.92 Å².